The summed E-state index contributed by atoms with van der Waals surface area (Å²) in [6.07, 6.45) is -0.379. The summed E-state index contributed by atoms with van der Waals surface area (Å²) in [6.45, 7) is 2.42. The number of hydrogen-bond donors (Lipinski definition) is 0. The highest BCUT2D eigenvalue weighted by molar-refractivity contribution is 9.10. The van der Waals surface area contributed by atoms with Crippen molar-refractivity contribution in [3.63, 3.8) is 0 Å². The lowest BCUT2D eigenvalue weighted by Gasteiger charge is -2.22. The van der Waals surface area contributed by atoms with Crippen molar-refractivity contribution in [1.29, 1.82) is 0 Å². The molecule has 0 aliphatic carbocycles. The fraction of sp³-hybridized carbons (Fsp3) is 0.316. The average Bonchev–Trinajstić information content (AvgIpc) is 2.65. The highest BCUT2D eigenvalue weighted by atomic mass is 79.9. The third kappa shape index (κ3) is 4.36. The predicted octanol–water partition coefficient (Wildman–Crippen LogP) is 4.43. The van der Waals surface area contributed by atoms with Gasteiger partial charge in [0.1, 0.15) is 22.4 Å². The zero-order chi connectivity index (χ0) is 17.5. The summed E-state index contributed by atoms with van der Waals surface area (Å²) in [4.78, 5) is 12.3. The second kappa shape index (κ2) is 8.85. The van der Waals surface area contributed by atoms with Crippen LogP contribution in [0, 0.1) is 0 Å². The summed E-state index contributed by atoms with van der Waals surface area (Å²) in [6, 6.07) is 14.6. The number of Topliss-reactive ketones (excluding diaryl/α,β-unsaturated/α-hetero) is 1. The number of carbonyl (C=O) groups excluding carboxylic acids is 1. The SMILES string of the molecule is CCO[C@@H](c1ccc(OC)cc1)[C@H](Br)C(=O)c1ccc(OC)cc1. The summed E-state index contributed by atoms with van der Waals surface area (Å²) in [5, 5.41) is 0. The molecule has 24 heavy (non-hydrogen) atoms. The zero-order valence-corrected chi connectivity index (χ0v) is 15.6. The van der Waals surface area contributed by atoms with Crippen molar-refractivity contribution >= 4 is 21.7 Å². The van der Waals surface area contributed by atoms with Crippen LogP contribution < -0.4 is 9.47 Å². The molecule has 0 spiro atoms. The van der Waals surface area contributed by atoms with Crippen LogP contribution in [-0.2, 0) is 4.74 Å². The van der Waals surface area contributed by atoms with E-state index < -0.39 is 4.83 Å². The Labute approximate surface area is 150 Å². The van der Waals surface area contributed by atoms with Gasteiger partial charge in [0.15, 0.2) is 5.78 Å². The van der Waals surface area contributed by atoms with Crippen molar-refractivity contribution in [3.05, 3.63) is 59.7 Å². The fourth-order valence-corrected chi connectivity index (χ4v) is 3.10. The summed E-state index contributed by atoms with van der Waals surface area (Å²) in [5.74, 6) is 1.45. The smallest absolute Gasteiger partial charge is 0.179 e. The Kier molecular flexibility index (Phi) is 6.82. The van der Waals surface area contributed by atoms with E-state index in [0.29, 0.717) is 17.9 Å². The summed E-state index contributed by atoms with van der Waals surface area (Å²) < 4.78 is 16.1. The Morgan fingerprint density at radius 1 is 0.958 bits per heavy atom. The van der Waals surface area contributed by atoms with Crippen molar-refractivity contribution in [2.75, 3.05) is 20.8 Å². The normalized spacial score (nSPS) is 13.2. The second-order valence-electron chi connectivity index (χ2n) is 5.14. The second-order valence-corrected chi connectivity index (χ2v) is 6.13. The minimum Gasteiger partial charge on any atom is -0.497 e. The number of ketones is 1. The lowest BCUT2D eigenvalue weighted by atomic mass is 9.99. The van der Waals surface area contributed by atoms with Gasteiger partial charge in [-0.2, -0.15) is 0 Å². The van der Waals surface area contributed by atoms with E-state index in [1.54, 1.807) is 38.5 Å². The molecule has 0 amide bonds. The average molecular weight is 393 g/mol. The van der Waals surface area contributed by atoms with E-state index in [4.69, 9.17) is 14.2 Å². The van der Waals surface area contributed by atoms with Gasteiger partial charge >= 0.3 is 0 Å². The van der Waals surface area contributed by atoms with Crippen molar-refractivity contribution in [1.82, 2.24) is 0 Å². The molecule has 128 valence electrons. The van der Waals surface area contributed by atoms with Crippen LogP contribution in [0.4, 0.5) is 0 Å². The van der Waals surface area contributed by atoms with Gasteiger partial charge in [0.25, 0.3) is 0 Å². The highest BCUT2D eigenvalue weighted by Gasteiger charge is 2.28. The molecule has 5 heteroatoms. The van der Waals surface area contributed by atoms with Crippen LogP contribution >= 0.6 is 15.9 Å². The molecule has 0 radical (unpaired) electrons. The van der Waals surface area contributed by atoms with E-state index in [0.717, 1.165) is 11.3 Å². The molecule has 0 aliphatic heterocycles. The Bertz CT molecular complexity index is 652. The van der Waals surface area contributed by atoms with Crippen LogP contribution in [0.5, 0.6) is 11.5 Å². The van der Waals surface area contributed by atoms with Crippen LogP contribution in [0.15, 0.2) is 48.5 Å². The van der Waals surface area contributed by atoms with Crippen molar-refractivity contribution in [2.24, 2.45) is 0 Å². The number of benzene rings is 2. The molecule has 4 nitrogen and oxygen atoms in total. The molecular formula is C19H21BrO4. The summed E-state index contributed by atoms with van der Waals surface area (Å²) >= 11 is 3.52. The minimum absolute atomic E-state index is 0.0353. The number of methoxy groups -OCH3 is 2. The largest absolute Gasteiger partial charge is 0.497 e. The minimum atomic E-state index is -0.487. The molecular weight excluding hydrogens is 372 g/mol. The number of rotatable bonds is 8. The van der Waals surface area contributed by atoms with Gasteiger partial charge in [-0.15, -0.1) is 0 Å². The third-order valence-corrected chi connectivity index (χ3v) is 4.58. The molecule has 0 unspecified atom stereocenters. The number of ether oxygens (including phenoxy) is 3. The lowest BCUT2D eigenvalue weighted by molar-refractivity contribution is 0.0554. The Morgan fingerprint density at radius 2 is 1.46 bits per heavy atom. The Morgan fingerprint density at radius 3 is 1.92 bits per heavy atom. The van der Waals surface area contributed by atoms with E-state index in [-0.39, 0.29) is 11.9 Å². The van der Waals surface area contributed by atoms with E-state index in [1.165, 1.54) is 0 Å². The van der Waals surface area contributed by atoms with Gasteiger partial charge < -0.3 is 14.2 Å². The van der Waals surface area contributed by atoms with Crippen LogP contribution in [0.2, 0.25) is 0 Å². The quantitative estimate of drug-likeness (QED) is 0.492. The molecule has 0 saturated heterocycles. The van der Waals surface area contributed by atoms with Gasteiger partial charge in [0.2, 0.25) is 0 Å². The highest BCUT2D eigenvalue weighted by Crippen LogP contribution is 2.30. The maximum Gasteiger partial charge on any atom is 0.179 e. The molecule has 0 N–H and O–H groups in total. The van der Waals surface area contributed by atoms with E-state index in [2.05, 4.69) is 15.9 Å². The zero-order valence-electron chi connectivity index (χ0n) is 14.0. The fourth-order valence-electron chi connectivity index (χ4n) is 2.37. The molecule has 0 fully saturated rings. The van der Waals surface area contributed by atoms with E-state index in [1.807, 2.05) is 31.2 Å². The molecule has 2 atom stereocenters. The first-order valence-electron chi connectivity index (χ1n) is 7.68. The molecule has 2 aromatic carbocycles. The van der Waals surface area contributed by atoms with Gasteiger partial charge in [-0.25, -0.2) is 0 Å². The summed E-state index contributed by atoms with van der Waals surface area (Å²) in [7, 11) is 3.22. The predicted molar refractivity (Wildman–Crippen MR) is 97.4 cm³/mol. The Hall–Kier alpha value is -1.85. The van der Waals surface area contributed by atoms with E-state index in [9.17, 15) is 4.79 Å². The van der Waals surface area contributed by atoms with Crippen molar-refractivity contribution in [2.45, 2.75) is 17.9 Å². The molecule has 0 heterocycles. The first kappa shape index (κ1) is 18.5. The van der Waals surface area contributed by atoms with Crippen molar-refractivity contribution in [3.8, 4) is 11.5 Å². The lowest BCUT2D eigenvalue weighted by Crippen LogP contribution is -2.25. The van der Waals surface area contributed by atoms with Crippen LogP contribution in [0.3, 0.4) is 0 Å². The van der Waals surface area contributed by atoms with Gasteiger partial charge in [0.05, 0.1) is 14.2 Å². The number of carbonyl (C=O) groups is 1. The van der Waals surface area contributed by atoms with Crippen LogP contribution in [0.25, 0.3) is 0 Å². The molecule has 0 bridgehead atoms. The number of hydrogen-bond acceptors (Lipinski definition) is 4. The first-order valence-corrected chi connectivity index (χ1v) is 8.60. The van der Waals surface area contributed by atoms with E-state index >= 15 is 0 Å². The maximum atomic E-state index is 12.8. The molecule has 0 saturated carbocycles. The topological polar surface area (TPSA) is 44.8 Å². The monoisotopic (exact) mass is 392 g/mol. The van der Waals surface area contributed by atoms with Gasteiger partial charge in [0, 0.05) is 12.2 Å². The Balaban J connectivity index is 2.22. The first-order chi connectivity index (χ1) is 11.6. The molecule has 0 aliphatic rings. The standard InChI is InChI=1S/C19H21BrO4/c1-4-24-19(14-7-11-16(23-3)12-8-14)17(20)18(21)13-5-9-15(22-2)10-6-13/h5-12,17,19H,4H2,1-3H3/t17-,19+/m1/s1. The summed E-state index contributed by atoms with van der Waals surface area (Å²) in [5.41, 5.74) is 1.53. The van der Waals surface area contributed by atoms with Gasteiger partial charge in [-0.3, -0.25) is 4.79 Å². The number of alkyl halides is 1. The molecule has 2 aromatic rings. The molecule has 0 aromatic heterocycles. The maximum absolute atomic E-state index is 12.8. The molecule has 2 rings (SSSR count). The van der Waals surface area contributed by atoms with Crippen molar-refractivity contribution < 1.29 is 19.0 Å². The third-order valence-electron chi connectivity index (χ3n) is 3.68. The van der Waals surface area contributed by atoms with Crippen LogP contribution in [0.1, 0.15) is 28.9 Å². The van der Waals surface area contributed by atoms with Gasteiger partial charge in [-0.05, 0) is 48.9 Å². The van der Waals surface area contributed by atoms with Crippen LogP contribution in [-0.4, -0.2) is 31.4 Å². The number of halogens is 1. The van der Waals surface area contributed by atoms with Gasteiger partial charge in [-0.1, -0.05) is 28.1 Å².